The summed E-state index contributed by atoms with van der Waals surface area (Å²) in [6.07, 6.45) is 0.722. The van der Waals surface area contributed by atoms with Crippen LogP contribution >= 0.6 is 11.3 Å². The van der Waals surface area contributed by atoms with Crippen molar-refractivity contribution in [3.05, 3.63) is 41.6 Å². The van der Waals surface area contributed by atoms with Crippen molar-refractivity contribution in [2.24, 2.45) is 7.05 Å². The maximum absolute atomic E-state index is 12.1. The van der Waals surface area contributed by atoms with Crippen molar-refractivity contribution in [2.75, 3.05) is 11.1 Å². The smallest absolute Gasteiger partial charge is 0.332 e. The molecule has 0 spiro atoms. The zero-order valence-electron chi connectivity index (χ0n) is 11.8. The first-order valence-electron chi connectivity index (χ1n) is 6.45. The van der Waals surface area contributed by atoms with E-state index in [9.17, 15) is 14.4 Å². The van der Waals surface area contributed by atoms with E-state index in [0.717, 1.165) is 22.3 Å². The van der Waals surface area contributed by atoms with Gasteiger partial charge in [-0.1, -0.05) is 18.3 Å². The van der Waals surface area contributed by atoms with E-state index in [2.05, 4.69) is 10.3 Å². The highest BCUT2D eigenvalue weighted by Crippen LogP contribution is 2.12. The average molecular weight is 311 g/mol. The van der Waals surface area contributed by atoms with Crippen molar-refractivity contribution in [1.82, 2.24) is 14.1 Å². The van der Waals surface area contributed by atoms with Crippen LogP contribution in [0, 0.1) is 0 Å². The lowest BCUT2D eigenvalue weighted by Crippen LogP contribution is -2.40. The van der Waals surface area contributed by atoms with E-state index >= 15 is 0 Å². The third-order valence-electron chi connectivity index (χ3n) is 3.06. The quantitative estimate of drug-likeness (QED) is 0.713. The zero-order valence-corrected chi connectivity index (χ0v) is 12.6. The summed E-state index contributed by atoms with van der Waals surface area (Å²) >= 11 is 1.04. The third kappa shape index (κ3) is 2.92. The van der Waals surface area contributed by atoms with Crippen molar-refractivity contribution >= 4 is 22.8 Å². The van der Waals surface area contributed by atoms with Crippen LogP contribution in [0.3, 0.4) is 0 Å². The summed E-state index contributed by atoms with van der Waals surface area (Å²) in [6, 6.07) is 0. The number of thiazole rings is 1. The predicted octanol–water partition coefficient (Wildman–Crippen LogP) is -0.0989. The Morgan fingerprint density at radius 1 is 1.38 bits per heavy atom. The van der Waals surface area contributed by atoms with Gasteiger partial charge in [0, 0.05) is 24.7 Å². The SMILES string of the molecule is CCCn1c(N)c(NCc2csc(=O)[nH]2)c(=O)n(C)c1=O. The van der Waals surface area contributed by atoms with E-state index < -0.39 is 11.2 Å². The fourth-order valence-electron chi connectivity index (χ4n) is 1.97. The van der Waals surface area contributed by atoms with Crippen molar-refractivity contribution in [1.29, 1.82) is 0 Å². The van der Waals surface area contributed by atoms with Gasteiger partial charge in [0.1, 0.15) is 11.5 Å². The molecule has 2 heterocycles. The standard InChI is InChI=1S/C12H17N5O3S/c1-3-4-17-9(13)8(10(18)16(2)12(17)20)14-5-7-6-21-11(19)15-7/h6,14H,3-5,13H2,1-2H3,(H,15,19). The lowest BCUT2D eigenvalue weighted by molar-refractivity contribution is 0.600. The number of aromatic nitrogens is 3. The first kappa shape index (κ1) is 15.1. The number of hydrogen-bond acceptors (Lipinski definition) is 6. The summed E-state index contributed by atoms with van der Waals surface area (Å²) in [7, 11) is 1.41. The summed E-state index contributed by atoms with van der Waals surface area (Å²) in [5.41, 5.74) is 5.82. The Kier molecular flexibility index (Phi) is 4.32. The van der Waals surface area contributed by atoms with Crippen molar-refractivity contribution < 1.29 is 0 Å². The number of anilines is 2. The summed E-state index contributed by atoms with van der Waals surface area (Å²) in [5, 5.41) is 4.56. The van der Waals surface area contributed by atoms with Gasteiger partial charge in [0.15, 0.2) is 0 Å². The molecule has 0 saturated carbocycles. The minimum Gasteiger partial charge on any atom is -0.383 e. The van der Waals surface area contributed by atoms with Gasteiger partial charge in [0.25, 0.3) is 5.56 Å². The van der Waals surface area contributed by atoms with Gasteiger partial charge >= 0.3 is 10.6 Å². The number of nitrogens with one attached hydrogen (secondary N) is 2. The van der Waals surface area contributed by atoms with E-state index in [4.69, 9.17) is 5.73 Å². The topological polar surface area (TPSA) is 115 Å². The molecule has 0 unspecified atom stereocenters. The Bertz CT molecular complexity index is 814. The number of aromatic amines is 1. The molecule has 0 fully saturated rings. The van der Waals surface area contributed by atoms with E-state index in [1.807, 2.05) is 6.92 Å². The number of H-pyrrole nitrogens is 1. The van der Waals surface area contributed by atoms with Gasteiger partial charge in [0.2, 0.25) is 0 Å². The highest BCUT2D eigenvalue weighted by molar-refractivity contribution is 7.07. The van der Waals surface area contributed by atoms with Crippen LogP contribution in [0.25, 0.3) is 0 Å². The molecule has 9 heteroatoms. The van der Waals surface area contributed by atoms with Gasteiger partial charge in [-0.25, -0.2) is 4.79 Å². The molecule has 0 saturated heterocycles. The van der Waals surface area contributed by atoms with Crippen molar-refractivity contribution in [3.8, 4) is 0 Å². The number of nitrogens with zero attached hydrogens (tertiary/aromatic N) is 2. The highest BCUT2D eigenvalue weighted by atomic mass is 32.1. The second-order valence-corrected chi connectivity index (χ2v) is 5.43. The molecule has 0 aliphatic carbocycles. The largest absolute Gasteiger partial charge is 0.383 e. The van der Waals surface area contributed by atoms with Gasteiger partial charge in [-0.2, -0.15) is 0 Å². The second-order valence-electron chi connectivity index (χ2n) is 4.59. The summed E-state index contributed by atoms with van der Waals surface area (Å²) < 4.78 is 2.38. The van der Waals surface area contributed by atoms with Crippen LogP contribution < -0.4 is 27.2 Å². The average Bonchev–Trinajstić information content (AvgIpc) is 2.87. The highest BCUT2D eigenvalue weighted by Gasteiger charge is 2.14. The normalized spacial score (nSPS) is 10.8. The van der Waals surface area contributed by atoms with Gasteiger partial charge in [-0.3, -0.25) is 18.7 Å². The van der Waals surface area contributed by atoms with Gasteiger partial charge < -0.3 is 16.0 Å². The summed E-state index contributed by atoms with van der Waals surface area (Å²) in [5.74, 6) is 0.113. The predicted molar refractivity (Wildman–Crippen MR) is 82.9 cm³/mol. The molecule has 0 aromatic carbocycles. The lowest BCUT2D eigenvalue weighted by Gasteiger charge is -2.15. The molecule has 2 aromatic rings. The maximum Gasteiger partial charge on any atom is 0.332 e. The molecule has 114 valence electrons. The molecule has 0 aliphatic rings. The first-order chi connectivity index (χ1) is 9.95. The Hall–Kier alpha value is -2.29. The van der Waals surface area contributed by atoms with Crippen LogP contribution in [0.1, 0.15) is 19.0 Å². The summed E-state index contributed by atoms with van der Waals surface area (Å²) in [6.45, 7) is 2.60. The van der Waals surface area contributed by atoms with Crippen LogP contribution in [0.2, 0.25) is 0 Å². The molecule has 0 radical (unpaired) electrons. The zero-order chi connectivity index (χ0) is 15.6. The molecule has 0 atom stereocenters. The molecule has 0 amide bonds. The fraction of sp³-hybridized carbons (Fsp3) is 0.417. The van der Waals surface area contributed by atoms with E-state index in [-0.39, 0.29) is 22.9 Å². The number of hydrogen-bond donors (Lipinski definition) is 3. The van der Waals surface area contributed by atoms with Crippen LogP contribution in [-0.4, -0.2) is 14.1 Å². The molecular weight excluding hydrogens is 294 g/mol. The Morgan fingerprint density at radius 2 is 2.10 bits per heavy atom. The van der Waals surface area contributed by atoms with Gasteiger partial charge in [-0.05, 0) is 6.42 Å². The van der Waals surface area contributed by atoms with E-state index in [0.29, 0.717) is 12.2 Å². The summed E-state index contributed by atoms with van der Waals surface area (Å²) in [4.78, 5) is 37.7. The number of nitrogen functional groups attached to an aromatic ring is 1. The van der Waals surface area contributed by atoms with Crippen LogP contribution in [0.4, 0.5) is 11.5 Å². The van der Waals surface area contributed by atoms with Gasteiger partial charge in [-0.15, -0.1) is 0 Å². The van der Waals surface area contributed by atoms with E-state index in [1.165, 1.54) is 11.6 Å². The molecule has 21 heavy (non-hydrogen) atoms. The minimum absolute atomic E-state index is 0.113. The van der Waals surface area contributed by atoms with Gasteiger partial charge in [0.05, 0.1) is 6.54 Å². The molecule has 4 N–H and O–H groups in total. The molecular formula is C12H17N5O3S. The van der Waals surface area contributed by atoms with Crippen LogP contribution in [0.15, 0.2) is 19.8 Å². The molecule has 0 bridgehead atoms. The lowest BCUT2D eigenvalue weighted by atomic mass is 10.3. The van der Waals surface area contributed by atoms with Crippen LogP contribution in [-0.2, 0) is 20.1 Å². The first-order valence-corrected chi connectivity index (χ1v) is 7.33. The molecule has 8 nitrogen and oxygen atoms in total. The second kappa shape index (κ2) is 6.00. The Labute approximate surface area is 123 Å². The minimum atomic E-state index is -0.484. The van der Waals surface area contributed by atoms with Crippen LogP contribution in [0.5, 0.6) is 0 Å². The Morgan fingerprint density at radius 3 is 2.67 bits per heavy atom. The molecule has 0 aliphatic heterocycles. The Balaban J connectivity index is 2.40. The van der Waals surface area contributed by atoms with Crippen molar-refractivity contribution in [3.63, 3.8) is 0 Å². The number of rotatable bonds is 5. The maximum atomic E-state index is 12.1. The third-order valence-corrected chi connectivity index (χ3v) is 3.78. The van der Waals surface area contributed by atoms with E-state index in [1.54, 1.807) is 5.38 Å². The number of nitrogens with two attached hydrogens (primary N) is 1. The van der Waals surface area contributed by atoms with Crippen molar-refractivity contribution in [2.45, 2.75) is 26.4 Å². The fourth-order valence-corrected chi connectivity index (χ4v) is 2.55. The molecule has 2 aromatic heterocycles. The monoisotopic (exact) mass is 311 g/mol. The molecule has 2 rings (SSSR count).